The van der Waals surface area contributed by atoms with Crippen molar-refractivity contribution in [2.45, 2.75) is 6.04 Å². The van der Waals surface area contributed by atoms with Gasteiger partial charge in [-0.25, -0.2) is 0 Å². The van der Waals surface area contributed by atoms with Gasteiger partial charge in [0.2, 0.25) is 5.91 Å². The van der Waals surface area contributed by atoms with E-state index in [0.717, 1.165) is 17.2 Å². The summed E-state index contributed by atoms with van der Waals surface area (Å²) in [6.45, 7) is 2.27. The van der Waals surface area contributed by atoms with Crippen LogP contribution in [0.1, 0.15) is 11.6 Å². The second kappa shape index (κ2) is 8.42. The van der Waals surface area contributed by atoms with E-state index in [2.05, 4.69) is 25.4 Å². The molecule has 1 unspecified atom stereocenters. The summed E-state index contributed by atoms with van der Waals surface area (Å²) in [6.07, 6.45) is 7.48. The van der Waals surface area contributed by atoms with Crippen molar-refractivity contribution in [3.8, 4) is 0 Å². The number of hydrogen-bond donors (Lipinski definition) is 1. The Morgan fingerprint density at radius 2 is 1.93 bits per heavy atom. The van der Waals surface area contributed by atoms with Gasteiger partial charge < -0.3 is 20.0 Å². The number of carbonyl (C=O) groups is 1. The van der Waals surface area contributed by atoms with E-state index in [4.69, 9.17) is 0 Å². The van der Waals surface area contributed by atoms with Crippen molar-refractivity contribution in [1.29, 1.82) is 0 Å². The van der Waals surface area contributed by atoms with Gasteiger partial charge in [-0.3, -0.25) is 19.2 Å². The lowest BCUT2D eigenvalue weighted by molar-refractivity contribution is -0.120. The lowest BCUT2D eigenvalue weighted by atomic mass is 10.1. The van der Waals surface area contributed by atoms with Crippen molar-refractivity contribution < 1.29 is 4.79 Å². The molecule has 2 aromatic rings. The van der Waals surface area contributed by atoms with Gasteiger partial charge in [-0.1, -0.05) is 0 Å². The van der Waals surface area contributed by atoms with Crippen LogP contribution in [0.15, 0.2) is 29.8 Å². The number of carbonyl (C=O) groups excluding carboxylic acids is 1. The third-order valence-electron chi connectivity index (χ3n) is 4.92. The first kappa shape index (κ1) is 19.9. The zero-order chi connectivity index (χ0) is 20.3. The van der Waals surface area contributed by atoms with Gasteiger partial charge in [0, 0.05) is 58.7 Å². The Labute approximate surface area is 165 Å². The maximum atomic E-state index is 12.7. The number of aliphatic imine (C=N–C) groups is 1. The summed E-state index contributed by atoms with van der Waals surface area (Å²) in [5.41, 5.74) is 1.97. The van der Waals surface area contributed by atoms with E-state index in [0.29, 0.717) is 19.6 Å². The molecule has 1 fully saturated rings. The van der Waals surface area contributed by atoms with E-state index < -0.39 is 0 Å². The molecule has 1 N–H and O–H groups in total. The average molecular weight is 387 g/mol. The molecular weight excluding hydrogens is 358 g/mol. The van der Waals surface area contributed by atoms with Crippen LogP contribution in [0, 0.1) is 0 Å². The number of aromatic nitrogens is 4. The number of rotatable bonds is 5. The molecule has 0 spiro atoms. The minimum Gasteiger partial charge on any atom is -0.354 e. The highest BCUT2D eigenvalue weighted by Crippen LogP contribution is 2.18. The predicted octanol–water partition coefficient (Wildman–Crippen LogP) is -0.319. The summed E-state index contributed by atoms with van der Waals surface area (Å²) < 4.78 is 3.51. The van der Waals surface area contributed by atoms with Crippen LogP contribution in [-0.2, 0) is 18.9 Å². The standard InChI is InChI=1S/C18H29N9O/c1-19-18(20-10-16(23(2)3)14-8-21-24(4)11-14)26-6-7-27(17(28)13-26)15-9-22-25(5)12-15/h8-9,11-12,16H,6-7,10,13H2,1-5H3,(H,19,20). The molecule has 1 aliphatic rings. The molecule has 2 aromatic heterocycles. The SMILES string of the molecule is CN=C(NCC(c1cnn(C)c1)N(C)C)N1CCN(c2cnn(C)c2)C(=O)C1. The Morgan fingerprint density at radius 1 is 1.21 bits per heavy atom. The molecule has 28 heavy (non-hydrogen) atoms. The molecule has 1 aliphatic heterocycles. The molecule has 1 saturated heterocycles. The van der Waals surface area contributed by atoms with Crippen LogP contribution in [0.25, 0.3) is 0 Å². The molecule has 10 nitrogen and oxygen atoms in total. The zero-order valence-corrected chi connectivity index (χ0v) is 17.2. The summed E-state index contributed by atoms with van der Waals surface area (Å²) >= 11 is 0. The van der Waals surface area contributed by atoms with Crippen LogP contribution < -0.4 is 10.2 Å². The highest BCUT2D eigenvalue weighted by Gasteiger charge is 2.28. The Kier molecular flexibility index (Phi) is 5.98. The molecule has 0 aliphatic carbocycles. The quantitative estimate of drug-likeness (QED) is 0.559. The lowest BCUT2D eigenvalue weighted by Crippen LogP contribution is -2.56. The minimum absolute atomic E-state index is 0.0404. The van der Waals surface area contributed by atoms with E-state index >= 15 is 0 Å². The Hall–Kier alpha value is -2.88. The van der Waals surface area contributed by atoms with E-state index in [1.54, 1.807) is 27.5 Å². The number of nitrogens with zero attached hydrogens (tertiary/aromatic N) is 8. The second-order valence-corrected chi connectivity index (χ2v) is 7.19. The van der Waals surface area contributed by atoms with Gasteiger partial charge in [-0.2, -0.15) is 10.2 Å². The maximum Gasteiger partial charge on any atom is 0.246 e. The van der Waals surface area contributed by atoms with Crippen molar-refractivity contribution >= 4 is 17.6 Å². The Balaban J connectivity index is 1.62. The number of piperazine rings is 1. The summed E-state index contributed by atoms with van der Waals surface area (Å²) in [5, 5.41) is 11.8. The largest absolute Gasteiger partial charge is 0.354 e. The number of hydrogen-bond acceptors (Lipinski definition) is 5. The number of amides is 1. The molecule has 1 amide bonds. The fraction of sp³-hybridized carbons (Fsp3) is 0.556. The van der Waals surface area contributed by atoms with E-state index in [9.17, 15) is 4.79 Å². The van der Waals surface area contributed by atoms with E-state index in [-0.39, 0.29) is 18.5 Å². The first-order valence-electron chi connectivity index (χ1n) is 9.28. The predicted molar refractivity (Wildman–Crippen MR) is 108 cm³/mol. The van der Waals surface area contributed by atoms with Crippen LogP contribution in [0.4, 0.5) is 5.69 Å². The van der Waals surface area contributed by atoms with Gasteiger partial charge in [0.05, 0.1) is 24.1 Å². The number of anilines is 1. The molecule has 152 valence electrons. The van der Waals surface area contributed by atoms with Crippen molar-refractivity contribution in [1.82, 2.24) is 34.7 Å². The minimum atomic E-state index is 0.0404. The zero-order valence-electron chi connectivity index (χ0n) is 17.2. The highest BCUT2D eigenvalue weighted by molar-refractivity contribution is 5.98. The lowest BCUT2D eigenvalue weighted by Gasteiger charge is -2.36. The van der Waals surface area contributed by atoms with Crippen molar-refractivity contribution in [2.75, 3.05) is 52.2 Å². The molecule has 1 atom stereocenters. The van der Waals surface area contributed by atoms with Crippen LogP contribution in [0.2, 0.25) is 0 Å². The number of likely N-dealkylation sites (N-methyl/N-ethyl adjacent to an activating group) is 1. The van der Waals surface area contributed by atoms with Crippen LogP contribution in [0.5, 0.6) is 0 Å². The second-order valence-electron chi connectivity index (χ2n) is 7.19. The number of nitrogens with one attached hydrogen (secondary N) is 1. The topological polar surface area (TPSA) is 86.8 Å². The van der Waals surface area contributed by atoms with Crippen LogP contribution >= 0.6 is 0 Å². The Morgan fingerprint density at radius 3 is 2.46 bits per heavy atom. The van der Waals surface area contributed by atoms with E-state index in [1.165, 1.54) is 0 Å². The number of aryl methyl sites for hydroxylation is 2. The first-order chi connectivity index (χ1) is 13.4. The Bertz CT molecular complexity index is 838. The molecule has 3 heterocycles. The fourth-order valence-electron chi connectivity index (χ4n) is 3.41. The summed E-state index contributed by atoms with van der Waals surface area (Å²) in [5.74, 6) is 0.772. The van der Waals surface area contributed by atoms with Crippen LogP contribution in [0.3, 0.4) is 0 Å². The van der Waals surface area contributed by atoms with Gasteiger partial charge in [0.25, 0.3) is 0 Å². The van der Waals surface area contributed by atoms with E-state index in [1.807, 2.05) is 51.7 Å². The third kappa shape index (κ3) is 4.33. The van der Waals surface area contributed by atoms with Crippen molar-refractivity contribution in [3.05, 3.63) is 30.4 Å². The molecule has 0 bridgehead atoms. The third-order valence-corrected chi connectivity index (χ3v) is 4.92. The fourth-order valence-corrected chi connectivity index (χ4v) is 3.41. The highest BCUT2D eigenvalue weighted by atomic mass is 16.2. The van der Waals surface area contributed by atoms with Gasteiger partial charge in [0.1, 0.15) is 6.54 Å². The summed E-state index contributed by atoms with van der Waals surface area (Å²) in [6, 6.07) is 0.151. The molecule has 0 aromatic carbocycles. The van der Waals surface area contributed by atoms with Crippen molar-refractivity contribution in [3.63, 3.8) is 0 Å². The van der Waals surface area contributed by atoms with Gasteiger partial charge in [-0.15, -0.1) is 0 Å². The molecule has 0 radical (unpaired) electrons. The first-order valence-corrected chi connectivity index (χ1v) is 9.28. The molecule has 0 saturated carbocycles. The average Bonchev–Trinajstić information content (AvgIpc) is 3.27. The molecule has 3 rings (SSSR count). The van der Waals surface area contributed by atoms with Gasteiger partial charge in [-0.05, 0) is 14.1 Å². The molecular formula is C18H29N9O. The normalized spacial score (nSPS) is 16.8. The van der Waals surface area contributed by atoms with Gasteiger partial charge >= 0.3 is 0 Å². The smallest absolute Gasteiger partial charge is 0.246 e. The maximum absolute atomic E-state index is 12.7. The van der Waals surface area contributed by atoms with Crippen molar-refractivity contribution in [2.24, 2.45) is 19.1 Å². The summed E-state index contributed by atoms with van der Waals surface area (Å²) in [7, 11) is 9.58. The monoisotopic (exact) mass is 387 g/mol. The number of guanidine groups is 1. The van der Waals surface area contributed by atoms with Crippen LogP contribution in [-0.4, -0.2) is 88.5 Å². The van der Waals surface area contributed by atoms with Gasteiger partial charge in [0.15, 0.2) is 5.96 Å². The molecule has 10 heteroatoms. The summed E-state index contributed by atoms with van der Waals surface area (Å²) in [4.78, 5) is 22.9.